The van der Waals surface area contributed by atoms with Gasteiger partial charge in [-0.1, -0.05) is 66.7 Å². The number of amides is 3. The number of fused-ring (bicyclic) bond motifs is 1. The standard InChI is InChI=1S/C32H52N4O6S/c1-31(2,3)21(17-35-14-9-15-43(35,41)42)24(20-10-7-6-8-11-20)30(40)36-18-22-25(32(22,4)5)26(36)29(39)34-23(16-19-12-13-19)27(37)28(33)38/h19-26H,6-18H2,1-5H3,(H2,33,38)(H,34,39)/t21-,22-,23?,24?,25-,26-/m0/s1. The number of carbonyl (C=O) groups excluding carboxylic acids is 4. The Morgan fingerprint density at radius 2 is 1.65 bits per heavy atom. The van der Waals surface area contributed by atoms with Gasteiger partial charge in [0, 0.05) is 25.6 Å². The zero-order valence-corrected chi connectivity index (χ0v) is 27.5. The second-order valence-electron chi connectivity index (χ2n) is 15.8. The van der Waals surface area contributed by atoms with Crippen molar-refractivity contribution in [1.29, 1.82) is 0 Å². The third kappa shape index (κ3) is 6.53. The van der Waals surface area contributed by atoms with E-state index in [-0.39, 0.29) is 58.0 Å². The maximum atomic E-state index is 14.9. The van der Waals surface area contributed by atoms with Crippen molar-refractivity contribution in [2.75, 3.05) is 25.4 Å². The van der Waals surface area contributed by atoms with Crippen molar-refractivity contribution in [2.45, 2.75) is 104 Å². The Labute approximate surface area is 257 Å². The highest BCUT2D eigenvalue weighted by atomic mass is 32.2. The van der Waals surface area contributed by atoms with E-state index in [1.54, 1.807) is 9.21 Å². The van der Waals surface area contributed by atoms with Crippen LogP contribution in [0, 0.1) is 46.3 Å². The van der Waals surface area contributed by atoms with Gasteiger partial charge in [0.25, 0.3) is 5.91 Å². The summed E-state index contributed by atoms with van der Waals surface area (Å²) >= 11 is 0. The first-order valence-electron chi connectivity index (χ1n) is 16.5. The molecule has 3 N–H and O–H groups in total. The molecule has 2 unspecified atom stereocenters. The summed E-state index contributed by atoms with van der Waals surface area (Å²) in [6.45, 7) is 11.8. The van der Waals surface area contributed by atoms with Crippen LogP contribution in [0.3, 0.4) is 0 Å². The SMILES string of the molecule is CC(C)(C)[C@@H](CN1CCCS1(=O)=O)C(C(=O)N1C[C@H]2[C@@H]([C@H]1C(=O)NC(CC1CC1)C(=O)C(N)=O)C2(C)C)C1CCCCC1. The topological polar surface area (TPSA) is 147 Å². The number of nitrogens with zero attached hydrogens (tertiary/aromatic N) is 2. The van der Waals surface area contributed by atoms with Crippen LogP contribution in [0.25, 0.3) is 0 Å². The van der Waals surface area contributed by atoms with Crippen molar-refractivity contribution in [3.05, 3.63) is 0 Å². The van der Waals surface area contributed by atoms with Gasteiger partial charge in [0.05, 0.1) is 11.8 Å². The number of carbonyl (C=O) groups is 4. The van der Waals surface area contributed by atoms with E-state index in [4.69, 9.17) is 5.73 Å². The Kier molecular flexibility index (Phi) is 8.83. The summed E-state index contributed by atoms with van der Waals surface area (Å²) in [5.41, 5.74) is 4.88. The maximum Gasteiger partial charge on any atom is 0.287 e. The molecule has 0 bridgehead atoms. The molecule has 6 atom stereocenters. The number of piperidine rings is 1. The molecule has 0 aromatic rings. The lowest BCUT2D eigenvalue weighted by molar-refractivity contribution is -0.149. The molecule has 3 amide bonds. The molecule has 11 heteroatoms. The van der Waals surface area contributed by atoms with Crippen molar-refractivity contribution < 1.29 is 27.6 Å². The quantitative estimate of drug-likeness (QED) is 0.340. The molecule has 0 aromatic carbocycles. The molecule has 0 spiro atoms. The predicted octanol–water partition coefficient (Wildman–Crippen LogP) is 2.70. The normalized spacial score (nSPS) is 30.7. The van der Waals surface area contributed by atoms with Gasteiger partial charge in [0.2, 0.25) is 27.6 Å². The minimum atomic E-state index is -3.35. The number of rotatable bonds is 11. The van der Waals surface area contributed by atoms with Gasteiger partial charge >= 0.3 is 0 Å². The molecule has 0 aromatic heterocycles. The van der Waals surface area contributed by atoms with Gasteiger partial charge in [-0.15, -0.1) is 0 Å². The molecular weight excluding hydrogens is 568 g/mol. The summed E-state index contributed by atoms with van der Waals surface area (Å²) in [5, 5.41) is 2.87. The van der Waals surface area contributed by atoms with E-state index in [1.165, 1.54) is 0 Å². The maximum absolute atomic E-state index is 14.9. The number of likely N-dealkylation sites (tertiary alicyclic amines) is 1. The number of sulfonamides is 1. The molecular formula is C32H52N4O6S. The minimum Gasteiger partial charge on any atom is -0.363 e. The highest BCUT2D eigenvalue weighted by molar-refractivity contribution is 7.89. The largest absolute Gasteiger partial charge is 0.363 e. The van der Waals surface area contributed by atoms with Crippen molar-refractivity contribution in [2.24, 2.45) is 52.1 Å². The molecule has 2 heterocycles. The van der Waals surface area contributed by atoms with Crippen LogP contribution in [0.2, 0.25) is 0 Å². The molecule has 3 saturated carbocycles. The highest BCUT2D eigenvalue weighted by Gasteiger charge is 2.70. The number of ketones is 1. The van der Waals surface area contributed by atoms with E-state index < -0.39 is 39.7 Å². The first kappa shape index (κ1) is 32.4. The Bertz CT molecular complexity index is 1230. The van der Waals surface area contributed by atoms with Crippen molar-refractivity contribution in [1.82, 2.24) is 14.5 Å². The molecule has 2 aliphatic heterocycles. The van der Waals surface area contributed by atoms with Crippen molar-refractivity contribution in [3.8, 4) is 0 Å². The zero-order valence-electron chi connectivity index (χ0n) is 26.6. The molecule has 2 saturated heterocycles. The monoisotopic (exact) mass is 620 g/mol. The molecule has 0 radical (unpaired) electrons. The first-order valence-corrected chi connectivity index (χ1v) is 18.1. The van der Waals surface area contributed by atoms with Gasteiger partial charge in [-0.2, -0.15) is 0 Å². The summed E-state index contributed by atoms with van der Waals surface area (Å²) < 4.78 is 27.4. The van der Waals surface area contributed by atoms with Crippen LogP contribution in [0.1, 0.15) is 92.4 Å². The van der Waals surface area contributed by atoms with Crippen LogP contribution in [0.4, 0.5) is 0 Å². The summed E-state index contributed by atoms with van der Waals surface area (Å²) in [6, 6.07) is -1.72. The Morgan fingerprint density at radius 3 is 2.19 bits per heavy atom. The predicted molar refractivity (Wildman–Crippen MR) is 163 cm³/mol. The second kappa shape index (κ2) is 11.7. The number of Topliss-reactive ketones (excluding diaryl/α,β-unsaturated/α-hetero) is 1. The Morgan fingerprint density at radius 1 is 1.00 bits per heavy atom. The fraction of sp³-hybridized carbons (Fsp3) is 0.875. The van der Waals surface area contributed by atoms with Crippen LogP contribution < -0.4 is 11.1 Å². The molecule has 242 valence electrons. The van der Waals surface area contributed by atoms with Crippen LogP contribution >= 0.6 is 0 Å². The smallest absolute Gasteiger partial charge is 0.287 e. The van der Waals surface area contributed by atoms with E-state index in [9.17, 15) is 27.6 Å². The Hall–Kier alpha value is -2.01. The van der Waals surface area contributed by atoms with E-state index in [2.05, 4.69) is 39.9 Å². The number of nitrogens with two attached hydrogens (primary N) is 1. The highest BCUT2D eigenvalue weighted by Crippen LogP contribution is 2.65. The number of primary amides is 1. The molecule has 43 heavy (non-hydrogen) atoms. The molecule has 10 nitrogen and oxygen atoms in total. The van der Waals surface area contributed by atoms with Crippen LogP contribution in [0.5, 0.6) is 0 Å². The van der Waals surface area contributed by atoms with Crippen LogP contribution in [0.15, 0.2) is 0 Å². The van der Waals surface area contributed by atoms with Gasteiger partial charge in [0.15, 0.2) is 0 Å². The van der Waals surface area contributed by atoms with Crippen LogP contribution in [-0.4, -0.2) is 78.6 Å². The number of hydrogen-bond acceptors (Lipinski definition) is 6. The average molecular weight is 621 g/mol. The molecule has 5 fully saturated rings. The van der Waals surface area contributed by atoms with Gasteiger partial charge < -0.3 is 16.0 Å². The minimum absolute atomic E-state index is 0.0410. The van der Waals surface area contributed by atoms with E-state index in [0.29, 0.717) is 32.5 Å². The summed E-state index contributed by atoms with van der Waals surface area (Å²) in [7, 11) is -3.35. The van der Waals surface area contributed by atoms with Crippen molar-refractivity contribution >= 4 is 33.5 Å². The van der Waals surface area contributed by atoms with Gasteiger partial charge in [-0.05, 0) is 66.1 Å². The van der Waals surface area contributed by atoms with Crippen molar-refractivity contribution in [3.63, 3.8) is 0 Å². The summed E-state index contributed by atoms with van der Waals surface area (Å²) in [5.74, 6) is -2.26. The number of hydrogen-bond donors (Lipinski definition) is 2. The van der Waals surface area contributed by atoms with Gasteiger partial charge in [-0.3, -0.25) is 19.2 Å². The van der Waals surface area contributed by atoms with E-state index in [1.807, 2.05) is 0 Å². The zero-order chi connectivity index (χ0) is 31.5. The fourth-order valence-corrected chi connectivity index (χ4v) is 10.1. The third-order valence-corrected chi connectivity index (χ3v) is 13.4. The first-order chi connectivity index (χ1) is 20.0. The van der Waals surface area contributed by atoms with Crippen LogP contribution in [-0.2, 0) is 29.2 Å². The second-order valence-corrected chi connectivity index (χ2v) is 17.9. The lowest BCUT2D eigenvalue weighted by Crippen LogP contribution is -2.57. The van der Waals surface area contributed by atoms with Gasteiger partial charge in [0.1, 0.15) is 6.04 Å². The summed E-state index contributed by atoms with van der Waals surface area (Å²) in [6.07, 6.45) is 7.91. The average Bonchev–Trinajstić information content (AvgIpc) is 3.72. The molecule has 5 aliphatic rings. The Balaban J connectivity index is 1.46. The number of nitrogens with one attached hydrogen (secondary N) is 1. The molecule has 3 aliphatic carbocycles. The molecule has 5 rings (SSSR count). The lowest BCUT2D eigenvalue weighted by Gasteiger charge is -2.45. The summed E-state index contributed by atoms with van der Waals surface area (Å²) in [4.78, 5) is 55.3. The van der Waals surface area contributed by atoms with E-state index >= 15 is 0 Å². The van der Waals surface area contributed by atoms with E-state index in [0.717, 1.165) is 44.9 Å². The van der Waals surface area contributed by atoms with Gasteiger partial charge in [-0.25, -0.2) is 12.7 Å². The fourth-order valence-electron chi connectivity index (χ4n) is 8.59. The lowest BCUT2D eigenvalue weighted by atomic mass is 9.65. The third-order valence-electron chi connectivity index (χ3n) is 11.5.